The lowest BCUT2D eigenvalue weighted by atomic mass is 10.0. The highest BCUT2D eigenvalue weighted by atomic mass is 32.2. The molecule has 0 radical (unpaired) electrons. The highest BCUT2D eigenvalue weighted by Gasteiger charge is 2.37. The molecule has 6 nitrogen and oxygen atoms in total. The van der Waals surface area contributed by atoms with Crippen LogP contribution in [0.4, 0.5) is 13.2 Å². The molecule has 1 fully saturated rings. The first kappa shape index (κ1) is 19.7. The van der Waals surface area contributed by atoms with Gasteiger partial charge in [0.2, 0.25) is 10.0 Å². The topological polar surface area (TPSA) is 84.5 Å². The number of ether oxygens (including phenoxy) is 1. The molecule has 2 N–H and O–H groups in total. The number of carbonyl (C=O) groups excluding carboxylic acids is 1. The van der Waals surface area contributed by atoms with Gasteiger partial charge in [-0.2, -0.15) is 13.2 Å². The molecule has 0 amide bonds. The van der Waals surface area contributed by atoms with E-state index < -0.39 is 44.2 Å². The van der Waals surface area contributed by atoms with Crippen molar-refractivity contribution in [1.29, 1.82) is 0 Å². The van der Waals surface area contributed by atoms with E-state index in [0.717, 1.165) is 32.2 Å². The molecule has 25 heavy (non-hydrogen) atoms. The van der Waals surface area contributed by atoms with Gasteiger partial charge in [0, 0.05) is 12.1 Å². The summed E-state index contributed by atoms with van der Waals surface area (Å²) in [5, 5.41) is 3.11. The van der Waals surface area contributed by atoms with Crippen LogP contribution in [0.2, 0.25) is 0 Å². The van der Waals surface area contributed by atoms with Gasteiger partial charge >= 0.3 is 12.1 Å². The van der Waals surface area contributed by atoms with Crippen LogP contribution in [0.5, 0.6) is 0 Å². The number of benzene rings is 1. The van der Waals surface area contributed by atoms with Gasteiger partial charge in [0.15, 0.2) is 0 Å². The molecule has 0 spiro atoms. The van der Waals surface area contributed by atoms with Crippen LogP contribution in [0.1, 0.15) is 35.7 Å². The van der Waals surface area contributed by atoms with Crippen molar-refractivity contribution in [3.8, 4) is 0 Å². The summed E-state index contributed by atoms with van der Waals surface area (Å²) in [5.41, 5.74) is -2.08. The average Bonchev–Trinajstić information content (AvgIpc) is 2.54. The van der Waals surface area contributed by atoms with Crippen LogP contribution in [0.15, 0.2) is 23.1 Å². The van der Waals surface area contributed by atoms with Crippen LogP contribution in [-0.2, 0) is 20.9 Å². The third kappa shape index (κ3) is 4.50. The Morgan fingerprint density at radius 1 is 1.36 bits per heavy atom. The summed E-state index contributed by atoms with van der Waals surface area (Å²) in [5.74, 6) is -1.19. The second-order valence-electron chi connectivity index (χ2n) is 5.81. The Labute approximate surface area is 143 Å². The number of methoxy groups -OCH3 is 1. The minimum Gasteiger partial charge on any atom is -0.465 e. The minimum atomic E-state index is -4.89. The first-order valence-electron chi connectivity index (χ1n) is 7.61. The number of halogens is 3. The van der Waals surface area contributed by atoms with Gasteiger partial charge < -0.3 is 10.1 Å². The summed E-state index contributed by atoms with van der Waals surface area (Å²) in [6.45, 7) is 2.55. The summed E-state index contributed by atoms with van der Waals surface area (Å²) >= 11 is 0. The summed E-state index contributed by atoms with van der Waals surface area (Å²) in [6, 6.07) is 1.67. The number of esters is 1. The number of hydrogen-bond donors (Lipinski definition) is 2. The van der Waals surface area contributed by atoms with Gasteiger partial charge in [-0.05, 0) is 44.5 Å². The zero-order valence-electron chi connectivity index (χ0n) is 13.7. The lowest BCUT2D eigenvalue weighted by Gasteiger charge is -2.30. The third-order valence-corrected chi connectivity index (χ3v) is 5.57. The zero-order valence-corrected chi connectivity index (χ0v) is 14.5. The molecule has 1 aromatic carbocycles. The number of nitrogens with one attached hydrogen (secondary N) is 2. The van der Waals surface area contributed by atoms with Gasteiger partial charge in [0.1, 0.15) is 0 Å². The predicted octanol–water partition coefficient (Wildman–Crippen LogP) is 1.91. The highest BCUT2D eigenvalue weighted by Crippen LogP contribution is 2.34. The lowest BCUT2D eigenvalue weighted by molar-refractivity contribution is -0.138. The van der Waals surface area contributed by atoms with Crippen molar-refractivity contribution in [2.45, 2.75) is 42.9 Å². The van der Waals surface area contributed by atoms with Crippen LogP contribution in [0.25, 0.3) is 0 Å². The maximum Gasteiger partial charge on any atom is 0.417 e. The fourth-order valence-corrected chi connectivity index (χ4v) is 4.06. The van der Waals surface area contributed by atoms with Gasteiger partial charge in [0.05, 0.1) is 23.1 Å². The average molecular weight is 380 g/mol. The fourth-order valence-electron chi connectivity index (χ4n) is 2.69. The lowest BCUT2D eigenvalue weighted by Crippen LogP contribution is -2.51. The fraction of sp³-hybridized carbons (Fsp3) is 0.533. The summed E-state index contributed by atoms with van der Waals surface area (Å²) in [6.07, 6.45) is -3.55. The number of rotatable bonds is 4. The summed E-state index contributed by atoms with van der Waals surface area (Å²) < 4.78 is 71.3. The molecule has 2 atom stereocenters. The van der Waals surface area contributed by atoms with E-state index in [-0.39, 0.29) is 6.04 Å². The molecule has 140 valence electrons. The number of alkyl halides is 3. The Bertz CT molecular complexity index is 750. The van der Waals surface area contributed by atoms with E-state index >= 15 is 0 Å². The standard InChI is InChI=1S/C15H19F3N2O4S/c1-9-13(4-3-7-19-9)20-25(22,23)10-5-6-11(14(21)24-2)12(8-10)15(16,17)18/h5-6,8-9,13,19-20H,3-4,7H2,1-2H3. The number of carbonyl (C=O) groups is 1. The monoisotopic (exact) mass is 380 g/mol. The largest absolute Gasteiger partial charge is 0.465 e. The molecule has 0 aliphatic carbocycles. The molecular weight excluding hydrogens is 361 g/mol. The molecule has 1 heterocycles. The van der Waals surface area contributed by atoms with Crippen LogP contribution in [0.3, 0.4) is 0 Å². The molecule has 0 bridgehead atoms. The van der Waals surface area contributed by atoms with Gasteiger partial charge in [-0.25, -0.2) is 17.9 Å². The van der Waals surface area contributed by atoms with Gasteiger partial charge in [-0.3, -0.25) is 0 Å². The van der Waals surface area contributed by atoms with Crippen molar-refractivity contribution >= 4 is 16.0 Å². The summed E-state index contributed by atoms with van der Waals surface area (Å²) in [7, 11) is -3.22. The van der Waals surface area contributed by atoms with Crippen LogP contribution >= 0.6 is 0 Å². The quantitative estimate of drug-likeness (QED) is 0.780. The maximum atomic E-state index is 13.2. The van der Waals surface area contributed by atoms with E-state index in [2.05, 4.69) is 14.8 Å². The summed E-state index contributed by atoms with van der Waals surface area (Å²) in [4.78, 5) is 11.0. The van der Waals surface area contributed by atoms with Crippen molar-refractivity contribution < 1.29 is 31.1 Å². The van der Waals surface area contributed by atoms with Crippen LogP contribution < -0.4 is 10.0 Å². The molecule has 1 aromatic rings. The SMILES string of the molecule is COC(=O)c1ccc(S(=O)(=O)NC2CCCNC2C)cc1C(F)(F)F. The Morgan fingerprint density at radius 3 is 2.60 bits per heavy atom. The molecule has 10 heteroatoms. The molecule has 0 saturated carbocycles. The van der Waals surface area contributed by atoms with Crippen molar-refractivity contribution in [2.24, 2.45) is 0 Å². The Morgan fingerprint density at radius 2 is 2.04 bits per heavy atom. The smallest absolute Gasteiger partial charge is 0.417 e. The van der Waals surface area contributed by atoms with Gasteiger partial charge in [-0.15, -0.1) is 0 Å². The third-order valence-electron chi connectivity index (χ3n) is 4.08. The maximum absolute atomic E-state index is 13.2. The normalized spacial score (nSPS) is 21.8. The van der Waals surface area contributed by atoms with E-state index in [4.69, 9.17) is 0 Å². The van der Waals surface area contributed by atoms with Gasteiger partial charge in [0.25, 0.3) is 0 Å². The zero-order chi connectivity index (χ0) is 18.8. The minimum absolute atomic E-state index is 0.139. The van der Waals surface area contributed by atoms with Crippen molar-refractivity contribution in [2.75, 3.05) is 13.7 Å². The van der Waals surface area contributed by atoms with Gasteiger partial charge in [-0.1, -0.05) is 0 Å². The Balaban J connectivity index is 2.39. The Hall–Kier alpha value is -1.65. The van der Waals surface area contributed by atoms with E-state index in [1.54, 1.807) is 6.92 Å². The van der Waals surface area contributed by atoms with Crippen LogP contribution in [0, 0.1) is 0 Å². The van der Waals surface area contributed by atoms with Crippen LogP contribution in [-0.4, -0.2) is 40.1 Å². The van der Waals surface area contributed by atoms with E-state index in [0.29, 0.717) is 12.5 Å². The predicted molar refractivity (Wildman–Crippen MR) is 83.6 cm³/mol. The second kappa shape index (κ2) is 7.30. The number of sulfonamides is 1. The van der Waals surface area contributed by atoms with Crippen molar-refractivity contribution in [1.82, 2.24) is 10.0 Å². The molecule has 2 rings (SSSR count). The number of hydrogen-bond acceptors (Lipinski definition) is 5. The highest BCUT2D eigenvalue weighted by molar-refractivity contribution is 7.89. The first-order chi connectivity index (χ1) is 11.6. The molecular formula is C15H19F3N2O4S. The van der Waals surface area contributed by atoms with Crippen molar-refractivity contribution in [3.63, 3.8) is 0 Å². The van der Waals surface area contributed by atoms with E-state index in [9.17, 15) is 26.4 Å². The molecule has 1 aliphatic heterocycles. The molecule has 1 saturated heterocycles. The molecule has 2 unspecified atom stereocenters. The molecule has 1 aliphatic rings. The van der Waals surface area contributed by atoms with E-state index in [1.165, 1.54) is 0 Å². The second-order valence-corrected chi connectivity index (χ2v) is 7.52. The first-order valence-corrected chi connectivity index (χ1v) is 9.10. The van der Waals surface area contributed by atoms with E-state index in [1.807, 2.05) is 0 Å². The Kier molecular flexibility index (Phi) is 5.75. The van der Waals surface area contributed by atoms with Crippen molar-refractivity contribution in [3.05, 3.63) is 29.3 Å². The number of piperidine rings is 1. The molecule has 0 aromatic heterocycles.